The van der Waals surface area contributed by atoms with Gasteiger partial charge in [0, 0.05) is 17.3 Å². The van der Waals surface area contributed by atoms with Crippen LogP contribution in [0.25, 0.3) is 11.3 Å². The van der Waals surface area contributed by atoms with Crippen LogP contribution in [0, 0.1) is 6.92 Å². The minimum absolute atomic E-state index is 0.173. The van der Waals surface area contributed by atoms with Crippen molar-refractivity contribution in [3.8, 4) is 11.3 Å². The number of hydrogen-bond donors (Lipinski definition) is 1. The lowest BCUT2D eigenvalue weighted by molar-refractivity contribution is 0.586. The van der Waals surface area contributed by atoms with Crippen molar-refractivity contribution in [1.82, 2.24) is 9.29 Å². The van der Waals surface area contributed by atoms with E-state index >= 15 is 0 Å². The van der Waals surface area contributed by atoms with Crippen molar-refractivity contribution in [2.24, 2.45) is 0 Å². The number of rotatable bonds is 5. The molecule has 0 saturated carbocycles. The van der Waals surface area contributed by atoms with E-state index in [1.54, 1.807) is 18.2 Å². The summed E-state index contributed by atoms with van der Waals surface area (Å²) in [6.07, 6.45) is 0. The normalized spacial score (nSPS) is 11.6. The molecule has 130 valence electrons. The molecule has 6 heteroatoms. The standard InChI is InChI=1S/C19H19ClN2O2S/c1-14-16(13-21-2)11-19(15-7-4-3-5-8-15)22(14)25(23,24)18-10-6-9-17(20)12-18/h3-12,21H,13H2,1-2H3. The molecule has 0 unspecified atom stereocenters. The third kappa shape index (κ3) is 3.35. The van der Waals surface area contributed by atoms with Crippen LogP contribution in [0.2, 0.25) is 5.02 Å². The molecule has 0 aliphatic rings. The third-order valence-corrected chi connectivity index (χ3v) is 6.11. The highest BCUT2D eigenvalue weighted by molar-refractivity contribution is 7.90. The van der Waals surface area contributed by atoms with Crippen molar-refractivity contribution in [2.45, 2.75) is 18.4 Å². The first-order valence-electron chi connectivity index (χ1n) is 7.87. The number of aromatic nitrogens is 1. The molecule has 0 aliphatic heterocycles. The van der Waals surface area contributed by atoms with Crippen molar-refractivity contribution in [2.75, 3.05) is 7.05 Å². The number of benzene rings is 2. The van der Waals surface area contributed by atoms with E-state index in [4.69, 9.17) is 11.6 Å². The summed E-state index contributed by atoms with van der Waals surface area (Å²) in [6, 6.07) is 17.8. The number of nitrogens with one attached hydrogen (secondary N) is 1. The smallest absolute Gasteiger partial charge is 0.268 e. The van der Waals surface area contributed by atoms with Gasteiger partial charge in [0.15, 0.2) is 0 Å². The lowest BCUT2D eigenvalue weighted by Gasteiger charge is -2.13. The van der Waals surface area contributed by atoms with Crippen LogP contribution >= 0.6 is 11.6 Å². The van der Waals surface area contributed by atoms with Crippen LogP contribution in [0.5, 0.6) is 0 Å². The summed E-state index contributed by atoms with van der Waals surface area (Å²) in [7, 11) is -1.93. The number of halogens is 1. The third-order valence-electron chi connectivity index (χ3n) is 4.07. The highest BCUT2D eigenvalue weighted by Gasteiger charge is 2.25. The Balaban J connectivity index is 2.27. The van der Waals surface area contributed by atoms with Crippen LogP contribution in [-0.4, -0.2) is 19.4 Å². The van der Waals surface area contributed by atoms with Crippen LogP contribution in [-0.2, 0) is 16.6 Å². The van der Waals surface area contributed by atoms with Gasteiger partial charge in [-0.2, -0.15) is 0 Å². The van der Waals surface area contributed by atoms with E-state index in [1.165, 1.54) is 10.0 Å². The van der Waals surface area contributed by atoms with Gasteiger partial charge in [0.1, 0.15) is 0 Å². The predicted molar refractivity (Wildman–Crippen MR) is 101 cm³/mol. The number of nitrogens with zero attached hydrogens (tertiary/aromatic N) is 1. The largest absolute Gasteiger partial charge is 0.316 e. The minimum Gasteiger partial charge on any atom is -0.316 e. The monoisotopic (exact) mass is 374 g/mol. The number of hydrogen-bond acceptors (Lipinski definition) is 3. The van der Waals surface area contributed by atoms with Gasteiger partial charge in [-0.15, -0.1) is 0 Å². The molecular formula is C19H19ClN2O2S. The van der Waals surface area contributed by atoms with Gasteiger partial charge in [0.05, 0.1) is 10.6 Å². The molecule has 0 aliphatic carbocycles. The molecule has 3 rings (SSSR count). The molecule has 0 bridgehead atoms. The molecule has 0 amide bonds. The van der Waals surface area contributed by atoms with E-state index in [2.05, 4.69) is 5.32 Å². The molecular weight excluding hydrogens is 356 g/mol. The Bertz CT molecular complexity index is 996. The summed E-state index contributed by atoms with van der Waals surface area (Å²) in [5, 5.41) is 3.48. The van der Waals surface area contributed by atoms with Crippen LogP contribution in [0.1, 0.15) is 11.3 Å². The van der Waals surface area contributed by atoms with Crippen molar-refractivity contribution in [3.05, 3.63) is 76.9 Å². The summed E-state index contributed by atoms with van der Waals surface area (Å²) >= 11 is 6.01. The summed E-state index contributed by atoms with van der Waals surface area (Å²) in [6.45, 7) is 2.41. The van der Waals surface area contributed by atoms with Crippen LogP contribution in [0.4, 0.5) is 0 Å². The van der Waals surface area contributed by atoms with Crippen LogP contribution < -0.4 is 5.32 Å². The van der Waals surface area contributed by atoms with Crippen LogP contribution in [0.15, 0.2) is 65.6 Å². The molecule has 4 nitrogen and oxygen atoms in total. The van der Waals surface area contributed by atoms with Crippen molar-refractivity contribution >= 4 is 21.6 Å². The quantitative estimate of drug-likeness (QED) is 0.732. The molecule has 1 aromatic heterocycles. The van der Waals surface area contributed by atoms with Crippen molar-refractivity contribution < 1.29 is 8.42 Å². The van der Waals surface area contributed by atoms with Gasteiger partial charge in [-0.25, -0.2) is 12.4 Å². The maximum absolute atomic E-state index is 13.3. The van der Waals surface area contributed by atoms with Gasteiger partial charge in [-0.1, -0.05) is 48.0 Å². The average molecular weight is 375 g/mol. The highest BCUT2D eigenvalue weighted by Crippen LogP contribution is 2.30. The van der Waals surface area contributed by atoms with Crippen molar-refractivity contribution in [1.29, 1.82) is 0 Å². The fraction of sp³-hybridized carbons (Fsp3) is 0.158. The van der Waals surface area contributed by atoms with Gasteiger partial charge in [0.2, 0.25) is 0 Å². The Hall–Kier alpha value is -2.08. The van der Waals surface area contributed by atoms with Gasteiger partial charge >= 0.3 is 0 Å². The van der Waals surface area contributed by atoms with E-state index in [0.717, 1.165) is 11.1 Å². The summed E-state index contributed by atoms with van der Waals surface area (Å²) in [4.78, 5) is 0.173. The summed E-state index contributed by atoms with van der Waals surface area (Å²) in [5.74, 6) is 0. The van der Waals surface area contributed by atoms with Crippen LogP contribution in [0.3, 0.4) is 0 Å². The SMILES string of the molecule is CNCc1cc(-c2ccccc2)n(S(=O)(=O)c2cccc(Cl)c2)c1C. The van der Waals surface area contributed by atoms with E-state index in [9.17, 15) is 8.42 Å². The zero-order valence-corrected chi connectivity index (χ0v) is 15.6. The zero-order chi connectivity index (χ0) is 18.0. The fourth-order valence-corrected chi connectivity index (χ4v) is 4.75. The molecule has 0 radical (unpaired) electrons. The Morgan fingerprint density at radius 3 is 2.40 bits per heavy atom. The molecule has 2 aromatic carbocycles. The van der Waals surface area contributed by atoms with E-state index in [0.29, 0.717) is 23.0 Å². The molecule has 0 fully saturated rings. The first kappa shape index (κ1) is 17.7. The van der Waals surface area contributed by atoms with E-state index in [-0.39, 0.29) is 4.90 Å². The average Bonchev–Trinajstić information content (AvgIpc) is 2.93. The van der Waals surface area contributed by atoms with E-state index in [1.807, 2.05) is 50.4 Å². The molecule has 1 N–H and O–H groups in total. The first-order chi connectivity index (χ1) is 11.9. The molecule has 0 saturated heterocycles. The van der Waals surface area contributed by atoms with Crippen molar-refractivity contribution in [3.63, 3.8) is 0 Å². The van der Waals surface area contributed by atoms with E-state index < -0.39 is 10.0 Å². The second-order valence-electron chi connectivity index (χ2n) is 5.76. The second kappa shape index (κ2) is 7.04. The topological polar surface area (TPSA) is 51.1 Å². The maximum atomic E-state index is 13.3. The Morgan fingerprint density at radius 1 is 1.04 bits per heavy atom. The van der Waals surface area contributed by atoms with Gasteiger partial charge in [-0.05, 0) is 49.4 Å². The second-order valence-corrected chi connectivity index (χ2v) is 7.99. The Labute approximate surface area is 153 Å². The van der Waals surface area contributed by atoms with Gasteiger partial charge < -0.3 is 5.32 Å². The van der Waals surface area contributed by atoms with Gasteiger partial charge in [0.25, 0.3) is 10.0 Å². The Morgan fingerprint density at radius 2 is 1.76 bits per heavy atom. The zero-order valence-electron chi connectivity index (χ0n) is 14.0. The molecule has 25 heavy (non-hydrogen) atoms. The summed E-state index contributed by atoms with van der Waals surface area (Å²) in [5.41, 5.74) is 3.11. The fourth-order valence-electron chi connectivity index (χ4n) is 2.86. The molecule has 1 heterocycles. The van der Waals surface area contributed by atoms with Gasteiger partial charge in [-0.3, -0.25) is 0 Å². The Kier molecular flexibility index (Phi) is 4.99. The molecule has 0 atom stereocenters. The lowest BCUT2D eigenvalue weighted by Crippen LogP contribution is -2.16. The predicted octanol–water partition coefficient (Wildman–Crippen LogP) is 4.07. The molecule has 0 spiro atoms. The lowest BCUT2D eigenvalue weighted by atomic mass is 10.1. The maximum Gasteiger partial charge on any atom is 0.268 e. The minimum atomic E-state index is -3.76. The highest BCUT2D eigenvalue weighted by atomic mass is 35.5. The molecule has 3 aromatic rings. The first-order valence-corrected chi connectivity index (χ1v) is 9.69. The summed E-state index contributed by atoms with van der Waals surface area (Å²) < 4.78 is 28.0.